The predicted molar refractivity (Wildman–Crippen MR) is 121 cm³/mol. The molecule has 0 atom stereocenters. The summed E-state index contributed by atoms with van der Waals surface area (Å²) in [6, 6.07) is 7.79. The number of benzene rings is 1. The molecule has 0 aliphatic rings. The third kappa shape index (κ3) is 10.8. The second kappa shape index (κ2) is 15.0. The molecule has 0 unspecified atom stereocenters. The van der Waals surface area contributed by atoms with Gasteiger partial charge in [-0.15, -0.1) is 0 Å². The molecular weight excluding hydrogens is 328 g/mol. The Morgan fingerprint density at radius 1 is 0.593 bits per heavy atom. The van der Waals surface area contributed by atoms with Crippen molar-refractivity contribution in [1.29, 1.82) is 0 Å². The fraction of sp³-hybridized carbons (Fsp3) is 0.769. The van der Waals surface area contributed by atoms with Gasteiger partial charge in [-0.1, -0.05) is 97.1 Å². The summed E-state index contributed by atoms with van der Waals surface area (Å²) in [6.07, 6.45) is 22.0. The molecule has 0 radical (unpaired) electrons. The Morgan fingerprint density at radius 3 is 1.41 bits per heavy atom. The van der Waals surface area contributed by atoms with Gasteiger partial charge in [0.25, 0.3) is 0 Å². The van der Waals surface area contributed by atoms with Crippen LogP contribution in [0.2, 0.25) is 0 Å². The first-order valence-corrected chi connectivity index (χ1v) is 11.9. The molecule has 1 heteroatoms. The molecule has 0 aliphatic heterocycles. The summed E-state index contributed by atoms with van der Waals surface area (Å²) in [5.74, 6) is 0.375. The summed E-state index contributed by atoms with van der Waals surface area (Å²) in [5, 5.41) is 9.44. The third-order valence-corrected chi connectivity index (χ3v) is 6.29. The van der Waals surface area contributed by atoms with Gasteiger partial charge in [-0.05, 0) is 61.6 Å². The Labute approximate surface area is 170 Å². The Hall–Kier alpha value is -0.980. The van der Waals surface area contributed by atoms with E-state index in [9.17, 15) is 5.11 Å². The molecule has 156 valence electrons. The smallest absolute Gasteiger partial charge is 0.115 e. The van der Waals surface area contributed by atoms with Gasteiger partial charge in [-0.3, -0.25) is 0 Å². The van der Waals surface area contributed by atoms with Crippen molar-refractivity contribution in [3.63, 3.8) is 0 Å². The number of unbranched alkanes of at least 4 members (excludes halogenated alkanes) is 7. The van der Waals surface area contributed by atoms with Gasteiger partial charge in [0.1, 0.15) is 5.75 Å². The van der Waals surface area contributed by atoms with E-state index < -0.39 is 0 Å². The standard InChI is InChI=1S/C26H46O/c1-4-7-11-20-26(21-12-8-5-2,22-13-9-6-3)23-14-10-15-24-16-18-25(27)19-17-24/h16-19,27H,4-15,20-23H2,1-3H3. The van der Waals surface area contributed by atoms with Gasteiger partial charge in [-0.2, -0.15) is 0 Å². The first-order valence-electron chi connectivity index (χ1n) is 11.9. The third-order valence-electron chi connectivity index (χ3n) is 6.29. The van der Waals surface area contributed by atoms with Crippen LogP contribution in [0.5, 0.6) is 5.75 Å². The Kier molecular flexibility index (Phi) is 13.4. The Morgan fingerprint density at radius 2 is 1.00 bits per heavy atom. The molecule has 1 nitrogen and oxygen atoms in total. The van der Waals surface area contributed by atoms with Gasteiger partial charge >= 0.3 is 0 Å². The summed E-state index contributed by atoms with van der Waals surface area (Å²) in [7, 11) is 0. The largest absolute Gasteiger partial charge is 0.508 e. The van der Waals surface area contributed by atoms with Crippen LogP contribution in [0.1, 0.15) is 123 Å². The van der Waals surface area contributed by atoms with E-state index in [1.54, 1.807) is 0 Å². The minimum absolute atomic E-state index is 0.375. The summed E-state index contributed by atoms with van der Waals surface area (Å²) in [4.78, 5) is 0. The van der Waals surface area contributed by atoms with Crippen LogP contribution in [0, 0.1) is 5.41 Å². The van der Waals surface area contributed by atoms with Gasteiger partial charge in [0.15, 0.2) is 0 Å². The molecule has 0 aliphatic carbocycles. The van der Waals surface area contributed by atoms with Gasteiger partial charge in [0.05, 0.1) is 0 Å². The molecule has 1 aromatic rings. The maximum Gasteiger partial charge on any atom is 0.115 e. The Bertz CT molecular complexity index is 421. The zero-order valence-corrected chi connectivity index (χ0v) is 18.6. The van der Waals surface area contributed by atoms with Crippen LogP contribution >= 0.6 is 0 Å². The van der Waals surface area contributed by atoms with E-state index in [0.29, 0.717) is 11.2 Å². The molecule has 1 rings (SSSR count). The molecule has 0 saturated heterocycles. The normalized spacial score (nSPS) is 11.8. The molecule has 0 heterocycles. The highest BCUT2D eigenvalue weighted by Gasteiger charge is 2.27. The van der Waals surface area contributed by atoms with Crippen molar-refractivity contribution in [1.82, 2.24) is 0 Å². The summed E-state index contributed by atoms with van der Waals surface area (Å²) < 4.78 is 0. The fourth-order valence-corrected chi connectivity index (χ4v) is 4.49. The van der Waals surface area contributed by atoms with Crippen LogP contribution in [0.4, 0.5) is 0 Å². The molecule has 0 bridgehead atoms. The average molecular weight is 375 g/mol. The van der Waals surface area contributed by atoms with Crippen LogP contribution in [0.3, 0.4) is 0 Å². The van der Waals surface area contributed by atoms with Crippen LogP contribution < -0.4 is 0 Å². The SMILES string of the molecule is CCCCCC(CCCCC)(CCCCC)CCCCc1ccc(O)cc1. The summed E-state index contributed by atoms with van der Waals surface area (Å²) in [5.41, 5.74) is 1.97. The lowest BCUT2D eigenvalue weighted by Crippen LogP contribution is -2.21. The highest BCUT2D eigenvalue weighted by atomic mass is 16.3. The van der Waals surface area contributed by atoms with Crippen LogP contribution in [0.15, 0.2) is 24.3 Å². The lowest BCUT2D eigenvalue weighted by molar-refractivity contribution is 0.173. The molecule has 1 aromatic carbocycles. The van der Waals surface area contributed by atoms with Crippen LogP contribution in [-0.4, -0.2) is 5.11 Å². The van der Waals surface area contributed by atoms with Crippen molar-refractivity contribution in [2.75, 3.05) is 0 Å². The van der Waals surface area contributed by atoms with Crippen molar-refractivity contribution in [2.24, 2.45) is 5.41 Å². The second-order valence-electron chi connectivity index (χ2n) is 8.74. The minimum Gasteiger partial charge on any atom is -0.508 e. The maximum absolute atomic E-state index is 9.44. The molecule has 0 saturated carbocycles. The quantitative estimate of drug-likeness (QED) is 0.270. The Balaban J connectivity index is 2.59. The number of phenolic OH excluding ortho intramolecular Hbond substituents is 1. The van der Waals surface area contributed by atoms with Crippen molar-refractivity contribution in [2.45, 2.75) is 124 Å². The highest BCUT2D eigenvalue weighted by Crippen LogP contribution is 2.41. The first-order chi connectivity index (χ1) is 13.2. The van der Waals surface area contributed by atoms with Gasteiger partial charge in [0.2, 0.25) is 0 Å². The fourth-order valence-electron chi connectivity index (χ4n) is 4.49. The lowest BCUT2D eigenvalue weighted by Gasteiger charge is -2.35. The number of rotatable bonds is 17. The van der Waals surface area contributed by atoms with Crippen molar-refractivity contribution in [3.8, 4) is 5.75 Å². The van der Waals surface area contributed by atoms with E-state index in [4.69, 9.17) is 0 Å². The predicted octanol–water partition coefficient (Wildman–Crippen LogP) is 8.83. The maximum atomic E-state index is 9.44. The minimum atomic E-state index is 0.375. The first kappa shape index (κ1) is 24.1. The zero-order valence-electron chi connectivity index (χ0n) is 18.6. The number of hydrogen-bond acceptors (Lipinski definition) is 1. The zero-order chi connectivity index (χ0) is 19.8. The van der Waals surface area contributed by atoms with E-state index in [0.717, 1.165) is 6.42 Å². The van der Waals surface area contributed by atoms with Gasteiger partial charge < -0.3 is 5.11 Å². The monoisotopic (exact) mass is 374 g/mol. The topological polar surface area (TPSA) is 20.2 Å². The number of aromatic hydroxyl groups is 1. The van der Waals surface area contributed by atoms with E-state index in [2.05, 4.69) is 32.9 Å². The average Bonchev–Trinajstić information content (AvgIpc) is 2.67. The number of phenols is 1. The molecular formula is C26H46O. The molecule has 1 N–H and O–H groups in total. The van der Waals surface area contributed by atoms with Crippen molar-refractivity contribution < 1.29 is 5.11 Å². The van der Waals surface area contributed by atoms with Crippen LogP contribution in [-0.2, 0) is 6.42 Å². The molecule has 0 amide bonds. The molecule has 0 spiro atoms. The second-order valence-corrected chi connectivity index (χ2v) is 8.74. The molecule has 0 fully saturated rings. The summed E-state index contributed by atoms with van der Waals surface area (Å²) >= 11 is 0. The van der Waals surface area contributed by atoms with E-state index in [-0.39, 0.29) is 0 Å². The van der Waals surface area contributed by atoms with Gasteiger partial charge in [0, 0.05) is 0 Å². The van der Waals surface area contributed by atoms with Crippen molar-refractivity contribution >= 4 is 0 Å². The van der Waals surface area contributed by atoms with Crippen LogP contribution in [0.25, 0.3) is 0 Å². The van der Waals surface area contributed by atoms with E-state index >= 15 is 0 Å². The number of hydrogen-bond donors (Lipinski definition) is 1. The van der Waals surface area contributed by atoms with E-state index in [1.165, 1.54) is 102 Å². The van der Waals surface area contributed by atoms with Crippen molar-refractivity contribution in [3.05, 3.63) is 29.8 Å². The highest BCUT2D eigenvalue weighted by molar-refractivity contribution is 5.25. The molecule has 0 aromatic heterocycles. The lowest BCUT2D eigenvalue weighted by atomic mass is 9.70. The molecule has 27 heavy (non-hydrogen) atoms. The van der Waals surface area contributed by atoms with Gasteiger partial charge in [-0.25, -0.2) is 0 Å². The summed E-state index contributed by atoms with van der Waals surface area (Å²) in [6.45, 7) is 6.98. The van der Waals surface area contributed by atoms with E-state index in [1.807, 2.05) is 12.1 Å². The number of aryl methyl sites for hydroxylation is 1.